The molecule has 1 aromatic heterocycles. The first-order chi connectivity index (χ1) is 16.0. The van der Waals surface area contributed by atoms with Gasteiger partial charge in [-0.2, -0.15) is 0 Å². The number of carbonyl (C=O) groups excluding carboxylic acids is 2. The van der Waals surface area contributed by atoms with Crippen LogP contribution in [0.25, 0.3) is 11.1 Å². The summed E-state index contributed by atoms with van der Waals surface area (Å²) < 4.78 is 10.9. The minimum atomic E-state index is -0.363. The molecule has 0 unspecified atom stereocenters. The van der Waals surface area contributed by atoms with Crippen molar-refractivity contribution in [3.63, 3.8) is 0 Å². The number of nitrogens with one attached hydrogen (secondary N) is 1. The minimum absolute atomic E-state index is 0.0806. The summed E-state index contributed by atoms with van der Waals surface area (Å²) >= 11 is 7.19. The zero-order valence-corrected chi connectivity index (χ0v) is 20.6. The largest absolute Gasteiger partial charge is 0.462 e. The first-order valence-corrected chi connectivity index (χ1v) is 12.5. The highest BCUT2D eigenvalue weighted by Gasteiger charge is 2.31. The number of hydrogen-bond donors (Lipinski definition) is 1. The van der Waals surface area contributed by atoms with E-state index in [1.807, 2.05) is 47.1 Å². The fourth-order valence-electron chi connectivity index (χ4n) is 4.27. The highest BCUT2D eigenvalue weighted by atomic mass is 32.1. The van der Waals surface area contributed by atoms with Gasteiger partial charge in [0.05, 0.1) is 6.61 Å². The van der Waals surface area contributed by atoms with Gasteiger partial charge in [0.2, 0.25) is 0 Å². The molecule has 0 saturated carbocycles. The van der Waals surface area contributed by atoms with Gasteiger partial charge in [0.15, 0.2) is 5.11 Å². The second kappa shape index (κ2) is 10.6. The molecule has 1 aromatic carbocycles. The Hall–Kier alpha value is -2.49. The van der Waals surface area contributed by atoms with Crippen molar-refractivity contribution in [2.24, 2.45) is 0 Å². The van der Waals surface area contributed by atoms with Crippen molar-refractivity contribution in [1.82, 2.24) is 9.80 Å². The SMILES string of the molecule is CCOC(=O)c1c(NC(=S)N2CCN(C(=O)[C@@H]3CCCO3)CC2)sc(C)c1-c1ccccc1. The van der Waals surface area contributed by atoms with Gasteiger partial charge in [-0.15, -0.1) is 11.3 Å². The van der Waals surface area contributed by atoms with Crippen molar-refractivity contribution in [3.05, 3.63) is 40.8 Å². The fraction of sp³-hybridized carbons (Fsp3) is 0.458. The van der Waals surface area contributed by atoms with Gasteiger partial charge < -0.3 is 24.6 Å². The predicted octanol–water partition coefficient (Wildman–Crippen LogP) is 3.92. The highest BCUT2D eigenvalue weighted by Crippen LogP contribution is 2.40. The molecule has 2 fully saturated rings. The van der Waals surface area contributed by atoms with E-state index in [0.29, 0.717) is 55.1 Å². The van der Waals surface area contributed by atoms with Crippen LogP contribution in [0, 0.1) is 6.92 Å². The summed E-state index contributed by atoms with van der Waals surface area (Å²) in [5.74, 6) is -0.282. The number of benzene rings is 1. The number of ether oxygens (including phenoxy) is 2. The average Bonchev–Trinajstić information content (AvgIpc) is 3.47. The molecule has 2 saturated heterocycles. The average molecular weight is 488 g/mol. The van der Waals surface area contributed by atoms with E-state index in [0.717, 1.165) is 28.8 Å². The van der Waals surface area contributed by atoms with E-state index in [9.17, 15) is 9.59 Å². The molecule has 1 amide bonds. The van der Waals surface area contributed by atoms with E-state index in [-0.39, 0.29) is 18.0 Å². The Morgan fingerprint density at radius 1 is 1.18 bits per heavy atom. The van der Waals surface area contributed by atoms with Crippen LogP contribution in [0.15, 0.2) is 30.3 Å². The van der Waals surface area contributed by atoms with Crippen molar-refractivity contribution < 1.29 is 19.1 Å². The van der Waals surface area contributed by atoms with Gasteiger partial charge in [0, 0.05) is 43.2 Å². The molecule has 176 valence electrons. The zero-order chi connectivity index (χ0) is 23.4. The summed E-state index contributed by atoms with van der Waals surface area (Å²) in [6.07, 6.45) is 1.45. The number of piperazine rings is 1. The normalized spacial score (nSPS) is 18.3. The third-order valence-corrected chi connectivity index (χ3v) is 7.31. The molecule has 0 bridgehead atoms. The lowest BCUT2D eigenvalue weighted by atomic mass is 10.0. The smallest absolute Gasteiger partial charge is 0.341 e. The third-order valence-electron chi connectivity index (χ3n) is 5.93. The Bertz CT molecular complexity index is 1010. The number of carbonyl (C=O) groups is 2. The maximum absolute atomic E-state index is 12.9. The fourth-order valence-corrected chi connectivity index (χ4v) is 5.68. The summed E-state index contributed by atoms with van der Waals surface area (Å²) in [4.78, 5) is 30.4. The second-order valence-corrected chi connectivity index (χ2v) is 9.68. The molecule has 0 radical (unpaired) electrons. The first kappa shape index (κ1) is 23.7. The van der Waals surface area contributed by atoms with Gasteiger partial charge in [0.25, 0.3) is 5.91 Å². The molecule has 7 nitrogen and oxygen atoms in total. The summed E-state index contributed by atoms with van der Waals surface area (Å²) in [6, 6.07) is 9.84. The minimum Gasteiger partial charge on any atom is -0.462 e. The van der Waals surface area contributed by atoms with Crippen LogP contribution in [0.3, 0.4) is 0 Å². The van der Waals surface area contributed by atoms with E-state index in [1.165, 1.54) is 11.3 Å². The summed E-state index contributed by atoms with van der Waals surface area (Å²) in [6.45, 7) is 7.23. The Kier molecular flexibility index (Phi) is 7.62. The zero-order valence-electron chi connectivity index (χ0n) is 19.0. The van der Waals surface area contributed by atoms with Crippen molar-refractivity contribution >= 4 is 45.5 Å². The maximum Gasteiger partial charge on any atom is 0.341 e. The number of amides is 1. The second-order valence-electron chi connectivity index (χ2n) is 8.07. The van der Waals surface area contributed by atoms with E-state index >= 15 is 0 Å². The van der Waals surface area contributed by atoms with Crippen LogP contribution >= 0.6 is 23.6 Å². The molecule has 2 aromatic rings. The number of thiocarbonyl (C=S) groups is 1. The van der Waals surface area contributed by atoms with Gasteiger partial charge in [0.1, 0.15) is 16.7 Å². The third kappa shape index (κ3) is 5.20. The van der Waals surface area contributed by atoms with Gasteiger partial charge in [-0.1, -0.05) is 30.3 Å². The number of nitrogens with zero attached hydrogens (tertiary/aromatic N) is 2. The first-order valence-electron chi connectivity index (χ1n) is 11.3. The van der Waals surface area contributed by atoms with Crippen molar-refractivity contribution in [2.75, 3.05) is 44.7 Å². The van der Waals surface area contributed by atoms with E-state index in [4.69, 9.17) is 21.7 Å². The van der Waals surface area contributed by atoms with Crippen LogP contribution in [-0.2, 0) is 14.3 Å². The molecule has 9 heteroatoms. The number of rotatable bonds is 5. The molecule has 1 atom stereocenters. The lowest BCUT2D eigenvalue weighted by molar-refractivity contribution is -0.142. The number of esters is 1. The van der Waals surface area contributed by atoms with Gasteiger partial charge in [-0.05, 0) is 44.5 Å². The number of hydrogen-bond acceptors (Lipinski definition) is 6. The molecular formula is C24H29N3O4S2. The van der Waals surface area contributed by atoms with E-state index < -0.39 is 0 Å². The van der Waals surface area contributed by atoms with Crippen LogP contribution in [-0.4, -0.2) is 72.3 Å². The molecule has 0 aliphatic carbocycles. The Morgan fingerprint density at radius 2 is 1.88 bits per heavy atom. The summed E-state index contributed by atoms with van der Waals surface area (Å²) in [7, 11) is 0. The topological polar surface area (TPSA) is 71.1 Å². The van der Waals surface area contributed by atoms with Crippen LogP contribution in [0.1, 0.15) is 35.0 Å². The lowest BCUT2D eigenvalue weighted by Crippen LogP contribution is -2.53. The number of aryl methyl sites for hydroxylation is 1. The molecule has 1 N–H and O–H groups in total. The van der Waals surface area contributed by atoms with Gasteiger partial charge >= 0.3 is 5.97 Å². The molecule has 33 heavy (non-hydrogen) atoms. The monoisotopic (exact) mass is 487 g/mol. The number of thiophene rings is 1. The molecule has 3 heterocycles. The summed E-state index contributed by atoms with van der Waals surface area (Å²) in [5.41, 5.74) is 2.35. The Labute approximate surface area is 203 Å². The standard InChI is InChI=1S/C24H29N3O4S2/c1-3-30-23(29)20-19(17-8-5-4-6-9-17)16(2)33-21(20)25-24(32)27-13-11-26(12-14-27)22(28)18-10-7-15-31-18/h4-6,8-9,18H,3,7,10-15H2,1-2H3,(H,25,32)/t18-/m0/s1. The molecule has 2 aliphatic heterocycles. The molecule has 4 rings (SSSR count). The van der Waals surface area contributed by atoms with Crippen LogP contribution in [0.4, 0.5) is 5.00 Å². The Morgan fingerprint density at radius 3 is 2.52 bits per heavy atom. The molecule has 0 spiro atoms. The quantitative estimate of drug-likeness (QED) is 0.506. The van der Waals surface area contributed by atoms with Crippen LogP contribution in [0.2, 0.25) is 0 Å². The number of anilines is 1. The van der Waals surface area contributed by atoms with Crippen molar-refractivity contribution in [2.45, 2.75) is 32.8 Å². The maximum atomic E-state index is 12.9. The summed E-state index contributed by atoms with van der Waals surface area (Å²) in [5, 5.41) is 4.53. The Balaban J connectivity index is 1.48. The van der Waals surface area contributed by atoms with Crippen molar-refractivity contribution in [3.8, 4) is 11.1 Å². The van der Waals surface area contributed by atoms with Crippen LogP contribution < -0.4 is 5.32 Å². The van der Waals surface area contributed by atoms with Crippen molar-refractivity contribution in [1.29, 1.82) is 0 Å². The van der Waals surface area contributed by atoms with E-state index in [2.05, 4.69) is 5.32 Å². The molecular weight excluding hydrogens is 458 g/mol. The lowest BCUT2D eigenvalue weighted by Gasteiger charge is -2.37. The molecule has 2 aliphatic rings. The van der Waals surface area contributed by atoms with E-state index in [1.54, 1.807) is 6.92 Å². The van der Waals surface area contributed by atoms with Gasteiger partial charge in [-0.25, -0.2) is 4.79 Å². The highest BCUT2D eigenvalue weighted by molar-refractivity contribution is 7.80. The van der Waals surface area contributed by atoms with Crippen LogP contribution in [0.5, 0.6) is 0 Å². The van der Waals surface area contributed by atoms with Gasteiger partial charge in [-0.3, -0.25) is 4.79 Å². The predicted molar refractivity (Wildman–Crippen MR) is 134 cm³/mol.